The molecule has 0 aliphatic carbocycles. The van der Waals surface area contributed by atoms with Gasteiger partial charge in [0.2, 0.25) is 0 Å². The van der Waals surface area contributed by atoms with Gasteiger partial charge in [-0.05, 0) is 44.5 Å². The second-order valence-electron chi connectivity index (χ2n) is 6.20. The van der Waals surface area contributed by atoms with E-state index in [1.54, 1.807) is 12.4 Å². The third-order valence-electron chi connectivity index (χ3n) is 4.38. The molecule has 6 heteroatoms. The zero-order chi connectivity index (χ0) is 17.3. The van der Waals surface area contributed by atoms with Gasteiger partial charge in [0.1, 0.15) is 12.1 Å². The molecule has 1 aromatic heterocycles. The molecule has 132 valence electrons. The van der Waals surface area contributed by atoms with Crippen molar-refractivity contribution in [2.24, 2.45) is 0 Å². The second-order valence-corrected chi connectivity index (χ2v) is 6.20. The van der Waals surface area contributed by atoms with E-state index < -0.39 is 0 Å². The minimum absolute atomic E-state index is 0.000365. The number of carbonyl (C=O) groups excluding carboxylic acids is 1. The summed E-state index contributed by atoms with van der Waals surface area (Å²) in [5, 5.41) is 3.40. The number of nitrogens with one attached hydrogen (secondary N) is 1. The highest BCUT2D eigenvalue weighted by Gasteiger charge is 2.25. The summed E-state index contributed by atoms with van der Waals surface area (Å²) in [7, 11) is 0. The summed E-state index contributed by atoms with van der Waals surface area (Å²) in [6, 6.07) is 9.65. The van der Waals surface area contributed by atoms with Crippen LogP contribution in [-0.4, -0.2) is 46.5 Å². The number of hydrogen-bond acceptors (Lipinski definition) is 5. The van der Waals surface area contributed by atoms with Crippen molar-refractivity contribution in [1.29, 1.82) is 0 Å². The molecule has 6 nitrogen and oxygen atoms in total. The van der Waals surface area contributed by atoms with Crippen LogP contribution in [0.3, 0.4) is 0 Å². The van der Waals surface area contributed by atoms with Crippen LogP contribution in [0.15, 0.2) is 49.1 Å². The van der Waals surface area contributed by atoms with Gasteiger partial charge in [0.15, 0.2) is 6.61 Å². The number of nitrogens with zero attached hydrogens (tertiary/aromatic N) is 3. The van der Waals surface area contributed by atoms with Crippen molar-refractivity contribution in [2.45, 2.75) is 31.8 Å². The molecule has 1 unspecified atom stereocenters. The summed E-state index contributed by atoms with van der Waals surface area (Å²) in [4.78, 5) is 22.9. The summed E-state index contributed by atoms with van der Waals surface area (Å²) < 4.78 is 5.67. The van der Waals surface area contributed by atoms with Crippen molar-refractivity contribution in [2.75, 3.05) is 19.7 Å². The van der Waals surface area contributed by atoms with E-state index in [4.69, 9.17) is 4.74 Å². The van der Waals surface area contributed by atoms with E-state index in [0.717, 1.165) is 37.9 Å². The Balaban J connectivity index is 1.68. The van der Waals surface area contributed by atoms with E-state index in [-0.39, 0.29) is 18.6 Å². The van der Waals surface area contributed by atoms with Crippen molar-refractivity contribution < 1.29 is 9.53 Å². The number of benzene rings is 1. The average molecular weight is 340 g/mol. The Bertz CT molecular complexity index is 643. The molecule has 1 aliphatic rings. The molecule has 2 aromatic rings. The smallest absolute Gasteiger partial charge is 0.261 e. The maximum atomic E-state index is 12.9. The average Bonchev–Trinajstić information content (AvgIpc) is 2.95. The van der Waals surface area contributed by atoms with Gasteiger partial charge in [0.05, 0.1) is 0 Å². The normalized spacial score (nSPS) is 17.5. The van der Waals surface area contributed by atoms with Crippen LogP contribution in [0.2, 0.25) is 0 Å². The van der Waals surface area contributed by atoms with Crippen molar-refractivity contribution in [3.63, 3.8) is 0 Å². The molecule has 1 aromatic carbocycles. The summed E-state index contributed by atoms with van der Waals surface area (Å²) in [6.45, 7) is 2.50. The van der Waals surface area contributed by atoms with E-state index >= 15 is 0 Å². The zero-order valence-corrected chi connectivity index (χ0v) is 14.3. The number of hydrogen-bond donors (Lipinski definition) is 1. The van der Waals surface area contributed by atoms with Crippen LogP contribution in [0.25, 0.3) is 0 Å². The lowest BCUT2D eigenvalue weighted by molar-refractivity contribution is -0.136. The lowest BCUT2D eigenvalue weighted by Crippen LogP contribution is -2.42. The molecule has 3 rings (SSSR count). The number of ether oxygens (including phenoxy) is 1. The van der Waals surface area contributed by atoms with Gasteiger partial charge in [-0.15, -0.1) is 0 Å². The highest BCUT2D eigenvalue weighted by Crippen LogP contribution is 2.17. The fraction of sp³-hybridized carbons (Fsp3) is 0.421. The molecule has 1 aliphatic heterocycles. The van der Waals surface area contributed by atoms with E-state index in [1.807, 2.05) is 35.2 Å². The Hall–Kier alpha value is -2.47. The van der Waals surface area contributed by atoms with Gasteiger partial charge in [-0.1, -0.05) is 18.2 Å². The maximum Gasteiger partial charge on any atom is 0.261 e. The number of para-hydroxylation sites is 1. The minimum Gasteiger partial charge on any atom is -0.484 e. The van der Waals surface area contributed by atoms with Crippen LogP contribution < -0.4 is 10.1 Å². The summed E-state index contributed by atoms with van der Waals surface area (Å²) in [5.41, 5.74) is 0.938. The first-order valence-corrected chi connectivity index (χ1v) is 8.75. The fourth-order valence-electron chi connectivity index (χ4n) is 3.09. The second kappa shape index (κ2) is 9.13. The minimum atomic E-state index is -0.000365. The highest BCUT2D eigenvalue weighted by atomic mass is 16.5. The van der Waals surface area contributed by atoms with Gasteiger partial charge in [0, 0.05) is 30.5 Å². The van der Waals surface area contributed by atoms with Gasteiger partial charge in [0.25, 0.3) is 5.91 Å². The monoisotopic (exact) mass is 340 g/mol. The Labute approximate surface area is 148 Å². The van der Waals surface area contributed by atoms with Crippen LogP contribution in [0, 0.1) is 0 Å². The molecule has 0 radical (unpaired) electrons. The molecule has 1 atom stereocenters. The topological polar surface area (TPSA) is 67.3 Å². The third kappa shape index (κ3) is 5.26. The molecule has 1 saturated heterocycles. The standard InChI is InChI=1S/C19H24N4O2/c24-19(14-25-18-6-2-1-3-7-18)23(13-16-11-21-15-22-12-16)17-5-4-9-20-10-8-17/h1-3,6-7,11-12,15,17,20H,4-5,8-10,13-14H2. The SMILES string of the molecule is O=C(COc1ccccc1)N(Cc1cncnc1)C1CCCNCC1. The first-order valence-electron chi connectivity index (χ1n) is 8.75. The first-order chi connectivity index (χ1) is 12.3. The molecule has 0 saturated carbocycles. The lowest BCUT2D eigenvalue weighted by Gasteiger charge is -2.31. The molecule has 1 fully saturated rings. The highest BCUT2D eigenvalue weighted by molar-refractivity contribution is 5.78. The Morgan fingerprint density at radius 1 is 1.16 bits per heavy atom. The summed E-state index contributed by atoms with van der Waals surface area (Å²) >= 11 is 0. The van der Waals surface area contributed by atoms with E-state index in [1.165, 1.54) is 6.33 Å². The first kappa shape index (κ1) is 17.4. The van der Waals surface area contributed by atoms with Crippen LogP contribution in [-0.2, 0) is 11.3 Å². The molecule has 0 spiro atoms. The van der Waals surface area contributed by atoms with E-state index in [0.29, 0.717) is 12.3 Å². The molecule has 25 heavy (non-hydrogen) atoms. The predicted molar refractivity (Wildman–Crippen MR) is 95.0 cm³/mol. The van der Waals surface area contributed by atoms with Crippen LogP contribution in [0.5, 0.6) is 5.75 Å². The maximum absolute atomic E-state index is 12.9. The van der Waals surface area contributed by atoms with Crippen molar-refractivity contribution in [3.8, 4) is 5.75 Å². The van der Waals surface area contributed by atoms with E-state index in [9.17, 15) is 4.79 Å². The van der Waals surface area contributed by atoms with Gasteiger partial charge in [-0.3, -0.25) is 4.79 Å². The van der Waals surface area contributed by atoms with Crippen molar-refractivity contribution in [3.05, 3.63) is 54.6 Å². The number of amides is 1. The van der Waals surface area contributed by atoms with Crippen LogP contribution >= 0.6 is 0 Å². The predicted octanol–water partition coefficient (Wildman–Crippen LogP) is 2.03. The number of rotatable bonds is 6. The fourth-order valence-corrected chi connectivity index (χ4v) is 3.09. The van der Waals surface area contributed by atoms with Crippen molar-refractivity contribution in [1.82, 2.24) is 20.2 Å². The summed E-state index contributed by atoms with van der Waals surface area (Å²) in [5.74, 6) is 0.709. The van der Waals surface area contributed by atoms with Gasteiger partial charge in [-0.2, -0.15) is 0 Å². The van der Waals surface area contributed by atoms with Crippen LogP contribution in [0.1, 0.15) is 24.8 Å². The number of carbonyl (C=O) groups is 1. The van der Waals surface area contributed by atoms with E-state index in [2.05, 4.69) is 15.3 Å². The Morgan fingerprint density at radius 2 is 1.96 bits per heavy atom. The molecule has 0 bridgehead atoms. The quantitative estimate of drug-likeness (QED) is 0.871. The molecule has 1 amide bonds. The van der Waals surface area contributed by atoms with Gasteiger partial charge >= 0.3 is 0 Å². The Kier molecular flexibility index (Phi) is 6.34. The lowest BCUT2D eigenvalue weighted by atomic mass is 10.1. The largest absolute Gasteiger partial charge is 0.484 e. The Morgan fingerprint density at radius 3 is 2.76 bits per heavy atom. The molecule has 2 heterocycles. The zero-order valence-electron chi connectivity index (χ0n) is 14.3. The summed E-state index contributed by atoms with van der Waals surface area (Å²) in [6.07, 6.45) is 8.05. The number of aromatic nitrogens is 2. The van der Waals surface area contributed by atoms with Gasteiger partial charge < -0.3 is 15.0 Å². The molecular weight excluding hydrogens is 316 g/mol. The van der Waals surface area contributed by atoms with Crippen molar-refractivity contribution >= 4 is 5.91 Å². The molecule has 1 N–H and O–H groups in total. The van der Waals surface area contributed by atoms with Crippen LogP contribution in [0.4, 0.5) is 0 Å². The van der Waals surface area contributed by atoms with Gasteiger partial charge in [-0.25, -0.2) is 9.97 Å². The molecular formula is C19H24N4O2. The third-order valence-corrected chi connectivity index (χ3v) is 4.38.